The van der Waals surface area contributed by atoms with Gasteiger partial charge >= 0.3 is 5.69 Å². The molecule has 0 spiro atoms. The van der Waals surface area contributed by atoms with Crippen molar-refractivity contribution in [2.45, 2.75) is 50.5 Å². The summed E-state index contributed by atoms with van der Waals surface area (Å²) in [5.41, 5.74) is 0.546. The number of hydrogen-bond donors (Lipinski definition) is 0. The second kappa shape index (κ2) is 8.53. The molecule has 2 aromatic rings. The van der Waals surface area contributed by atoms with Gasteiger partial charge in [-0.2, -0.15) is 5.10 Å². The zero-order valence-electron chi connectivity index (χ0n) is 18.0. The largest absolute Gasteiger partial charge is 0.497 e. The standard InChI is InChI=1S/C22H30N4O4/c1-24-22(28)26(17-6-4-5-7-17)20(23-24)15-8-10-25(11-9-15)21(27)16-12-18(29-2)14-19(13-16)30-3/h12-15,17H,4-11H2,1-3H3. The molecule has 2 heterocycles. The molecule has 8 heteroatoms. The van der Waals surface area contributed by atoms with Gasteiger partial charge < -0.3 is 14.4 Å². The first kappa shape index (κ1) is 20.5. The van der Waals surface area contributed by atoms with Gasteiger partial charge in [0, 0.05) is 43.7 Å². The van der Waals surface area contributed by atoms with Gasteiger partial charge in [-0.3, -0.25) is 9.36 Å². The number of likely N-dealkylation sites (tertiary alicyclic amines) is 1. The van der Waals surface area contributed by atoms with Crippen LogP contribution >= 0.6 is 0 Å². The fourth-order valence-electron chi connectivity index (χ4n) is 4.74. The molecule has 2 fully saturated rings. The maximum atomic E-state index is 13.1. The minimum atomic E-state index is -0.0279. The number of carbonyl (C=O) groups excluding carboxylic acids is 1. The topological polar surface area (TPSA) is 78.6 Å². The third kappa shape index (κ3) is 3.82. The molecule has 2 aliphatic rings. The molecule has 1 saturated carbocycles. The molecule has 30 heavy (non-hydrogen) atoms. The molecule has 1 saturated heterocycles. The quantitative estimate of drug-likeness (QED) is 0.752. The molecule has 0 N–H and O–H groups in total. The van der Waals surface area contributed by atoms with Crippen LogP contribution in [0.3, 0.4) is 0 Å². The Morgan fingerprint density at radius 1 is 1.00 bits per heavy atom. The molecule has 1 aliphatic heterocycles. The smallest absolute Gasteiger partial charge is 0.345 e. The van der Waals surface area contributed by atoms with Gasteiger partial charge in [-0.25, -0.2) is 9.48 Å². The predicted octanol–water partition coefficient (Wildman–Crippen LogP) is 2.73. The average Bonchev–Trinajstić information content (AvgIpc) is 3.41. The summed E-state index contributed by atoms with van der Waals surface area (Å²) in [5.74, 6) is 2.26. The van der Waals surface area contributed by atoms with Crippen molar-refractivity contribution in [3.8, 4) is 11.5 Å². The van der Waals surface area contributed by atoms with Crippen molar-refractivity contribution >= 4 is 5.91 Å². The first-order valence-electron chi connectivity index (χ1n) is 10.7. The number of aromatic nitrogens is 3. The second-order valence-electron chi connectivity index (χ2n) is 8.24. The lowest BCUT2D eigenvalue weighted by Gasteiger charge is -2.32. The van der Waals surface area contributed by atoms with Gasteiger partial charge in [-0.05, 0) is 37.8 Å². The number of piperidine rings is 1. The van der Waals surface area contributed by atoms with Crippen LogP contribution in [0.15, 0.2) is 23.0 Å². The van der Waals surface area contributed by atoms with Crippen LogP contribution in [-0.2, 0) is 7.05 Å². The second-order valence-corrected chi connectivity index (χ2v) is 8.24. The highest BCUT2D eigenvalue weighted by molar-refractivity contribution is 5.95. The number of ether oxygens (including phenoxy) is 2. The molecule has 1 aromatic heterocycles. The van der Waals surface area contributed by atoms with Crippen LogP contribution in [0.2, 0.25) is 0 Å². The molecule has 0 bridgehead atoms. The van der Waals surface area contributed by atoms with E-state index in [1.54, 1.807) is 39.5 Å². The maximum Gasteiger partial charge on any atom is 0.345 e. The molecule has 162 valence electrons. The third-order valence-corrected chi connectivity index (χ3v) is 6.42. The van der Waals surface area contributed by atoms with Crippen molar-refractivity contribution in [3.05, 3.63) is 40.1 Å². The van der Waals surface area contributed by atoms with Crippen molar-refractivity contribution in [2.24, 2.45) is 7.05 Å². The number of benzene rings is 1. The van der Waals surface area contributed by atoms with Crippen LogP contribution in [0, 0.1) is 0 Å². The van der Waals surface area contributed by atoms with E-state index in [1.165, 1.54) is 17.5 Å². The summed E-state index contributed by atoms with van der Waals surface area (Å²) in [5, 5.41) is 4.58. The lowest BCUT2D eigenvalue weighted by Crippen LogP contribution is -2.38. The van der Waals surface area contributed by atoms with Crippen molar-refractivity contribution in [1.82, 2.24) is 19.2 Å². The number of rotatable bonds is 5. The SMILES string of the molecule is COc1cc(OC)cc(C(=O)N2CCC(c3nn(C)c(=O)n3C3CCCC3)CC2)c1. The van der Waals surface area contributed by atoms with E-state index in [9.17, 15) is 9.59 Å². The molecule has 0 radical (unpaired) electrons. The molecule has 1 aromatic carbocycles. The Balaban J connectivity index is 1.49. The van der Waals surface area contributed by atoms with Crippen LogP contribution in [0.5, 0.6) is 11.5 Å². The number of hydrogen-bond acceptors (Lipinski definition) is 5. The first-order valence-corrected chi connectivity index (χ1v) is 10.7. The Hall–Kier alpha value is -2.77. The van der Waals surface area contributed by atoms with E-state index in [-0.39, 0.29) is 23.6 Å². The van der Waals surface area contributed by atoms with Gasteiger partial charge in [0.2, 0.25) is 0 Å². The Morgan fingerprint density at radius 3 is 2.17 bits per heavy atom. The van der Waals surface area contributed by atoms with Crippen LogP contribution in [-0.4, -0.2) is 52.5 Å². The summed E-state index contributed by atoms with van der Waals surface area (Å²) in [6.45, 7) is 1.27. The Labute approximate surface area is 176 Å². The van der Waals surface area contributed by atoms with Gasteiger partial charge in [0.25, 0.3) is 5.91 Å². The highest BCUT2D eigenvalue weighted by Crippen LogP contribution is 2.34. The zero-order valence-corrected chi connectivity index (χ0v) is 18.0. The molecule has 4 rings (SSSR count). The van der Waals surface area contributed by atoms with Gasteiger partial charge in [0.15, 0.2) is 0 Å². The monoisotopic (exact) mass is 414 g/mol. The summed E-state index contributed by atoms with van der Waals surface area (Å²) in [6, 6.07) is 5.51. The molecule has 1 amide bonds. The van der Waals surface area contributed by atoms with Crippen molar-refractivity contribution in [2.75, 3.05) is 27.3 Å². The zero-order chi connectivity index (χ0) is 21.3. The Kier molecular flexibility index (Phi) is 5.83. The van der Waals surface area contributed by atoms with Crippen LogP contribution in [0.4, 0.5) is 0 Å². The van der Waals surface area contributed by atoms with E-state index in [4.69, 9.17) is 9.47 Å². The van der Waals surface area contributed by atoms with Crippen LogP contribution < -0.4 is 15.2 Å². The normalized spacial score (nSPS) is 18.0. The lowest BCUT2D eigenvalue weighted by molar-refractivity contribution is 0.0709. The van der Waals surface area contributed by atoms with E-state index < -0.39 is 0 Å². The number of methoxy groups -OCH3 is 2. The van der Waals surface area contributed by atoms with E-state index in [2.05, 4.69) is 5.10 Å². The van der Waals surface area contributed by atoms with Gasteiger partial charge in [0.1, 0.15) is 17.3 Å². The number of carbonyl (C=O) groups is 1. The summed E-state index contributed by atoms with van der Waals surface area (Å²) < 4.78 is 14.0. The Bertz CT molecular complexity index is 944. The van der Waals surface area contributed by atoms with Gasteiger partial charge in [-0.15, -0.1) is 0 Å². The highest BCUT2D eigenvalue weighted by atomic mass is 16.5. The van der Waals surface area contributed by atoms with E-state index in [1.807, 2.05) is 9.47 Å². The molecule has 1 aliphatic carbocycles. The van der Waals surface area contributed by atoms with Crippen LogP contribution in [0.1, 0.15) is 66.7 Å². The van der Waals surface area contributed by atoms with E-state index >= 15 is 0 Å². The maximum absolute atomic E-state index is 13.1. The fraction of sp³-hybridized carbons (Fsp3) is 0.591. The number of amides is 1. The predicted molar refractivity (Wildman–Crippen MR) is 112 cm³/mol. The fourth-order valence-corrected chi connectivity index (χ4v) is 4.74. The minimum absolute atomic E-state index is 0.0149. The number of aryl methyl sites for hydroxylation is 1. The van der Waals surface area contributed by atoms with Gasteiger partial charge in [0.05, 0.1) is 14.2 Å². The molecular formula is C22H30N4O4. The molecular weight excluding hydrogens is 384 g/mol. The van der Waals surface area contributed by atoms with Crippen molar-refractivity contribution in [1.29, 1.82) is 0 Å². The van der Waals surface area contributed by atoms with E-state index in [0.717, 1.165) is 31.5 Å². The van der Waals surface area contributed by atoms with Gasteiger partial charge in [-0.1, -0.05) is 12.8 Å². The summed E-state index contributed by atoms with van der Waals surface area (Å²) >= 11 is 0. The molecule has 0 unspecified atom stereocenters. The highest BCUT2D eigenvalue weighted by Gasteiger charge is 2.31. The lowest BCUT2D eigenvalue weighted by atomic mass is 9.95. The molecule has 8 nitrogen and oxygen atoms in total. The summed E-state index contributed by atoms with van der Waals surface area (Å²) in [7, 11) is 4.88. The minimum Gasteiger partial charge on any atom is -0.497 e. The molecule has 0 atom stereocenters. The van der Waals surface area contributed by atoms with Crippen LogP contribution in [0.25, 0.3) is 0 Å². The summed E-state index contributed by atoms with van der Waals surface area (Å²) in [6.07, 6.45) is 6.04. The van der Waals surface area contributed by atoms with E-state index in [0.29, 0.717) is 30.2 Å². The Morgan fingerprint density at radius 2 is 1.60 bits per heavy atom. The average molecular weight is 415 g/mol. The summed E-state index contributed by atoms with van der Waals surface area (Å²) in [4.78, 5) is 27.6. The van der Waals surface area contributed by atoms with Crippen molar-refractivity contribution < 1.29 is 14.3 Å². The third-order valence-electron chi connectivity index (χ3n) is 6.42. The van der Waals surface area contributed by atoms with Crippen molar-refractivity contribution in [3.63, 3.8) is 0 Å². The number of nitrogens with zero attached hydrogens (tertiary/aromatic N) is 4. The first-order chi connectivity index (χ1) is 14.5.